The van der Waals surface area contributed by atoms with Crippen LogP contribution < -0.4 is 5.32 Å². The zero-order valence-electron chi connectivity index (χ0n) is 11.0. The molecule has 0 spiro atoms. The van der Waals surface area contributed by atoms with Crippen molar-refractivity contribution >= 4 is 34.9 Å². The minimum absolute atomic E-state index is 0.0565. The third-order valence-electron chi connectivity index (χ3n) is 2.71. The molecular formula is C14H10ClN3O2S. The second-order valence-electron chi connectivity index (χ2n) is 4.34. The maximum absolute atomic E-state index is 11.9. The van der Waals surface area contributed by atoms with Gasteiger partial charge in [0.1, 0.15) is 0 Å². The van der Waals surface area contributed by atoms with Crippen LogP contribution in [0.15, 0.2) is 40.8 Å². The van der Waals surface area contributed by atoms with Crippen molar-refractivity contribution in [1.29, 1.82) is 0 Å². The smallest absolute Gasteiger partial charge is 0.322 e. The summed E-state index contributed by atoms with van der Waals surface area (Å²) in [5, 5.41) is 10.3. The predicted octanol–water partition coefficient (Wildman–Crippen LogP) is 4.01. The quantitative estimate of drug-likeness (QED) is 0.792. The summed E-state index contributed by atoms with van der Waals surface area (Å²) in [6.45, 7) is 1.98. The molecule has 0 fully saturated rings. The molecule has 5 nitrogen and oxygen atoms in total. The van der Waals surface area contributed by atoms with Crippen LogP contribution in [0.2, 0.25) is 4.34 Å². The highest BCUT2D eigenvalue weighted by Gasteiger charge is 2.14. The number of halogens is 1. The lowest BCUT2D eigenvalue weighted by molar-refractivity contribution is 0.102. The molecular weight excluding hydrogens is 310 g/mol. The molecule has 1 N–H and O–H groups in total. The molecule has 0 saturated carbocycles. The number of thiophene rings is 1. The van der Waals surface area contributed by atoms with Crippen LogP contribution in [-0.4, -0.2) is 16.1 Å². The number of carbonyl (C=O) groups excluding carboxylic acids is 1. The number of rotatable bonds is 3. The number of benzene rings is 1. The normalized spacial score (nSPS) is 10.6. The SMILES string of the molecule is Cc1cccc(-c2nnc(NC(=O)c3ccc(Cl)s3)o2)c1. The van der Waals surface area contributed by atoms with E-state index in [1.807, 2.05) is 31.2 Å². The van der Waals surface area contributed by atoms with Crippen LogP contribution in [0.3, 0.4) is 0 Å². The Hall–Kier alpha value is -2.18. The number of hydrogen-bond donors (Lipinski definition) is 1. The van der Waals surface area contributed by atoms with E-state index in [0.29, 0.717) is 15.1 Å². The van der Waals surface area contributed by atoms with Gasteiger partial charge in [0, 0.05) is 5.56 Å². The van der Waals surface area contributed by atoms with Crippen LogP contribution >= 0.6 is 22.9 Å². The van der Waals surface area contributed by atoms with Crippen LogP contribution in [0.4, 0.5) is 6.01 Å². The van der Waals surface area contributed by atoms with Crippen LogP contribution in [0, 0.1) is 6.92 Å². The van der Waals surface area contributed by atoms with E-state index in [0.717, 1.165) is 11.1 Å². The second-order valence-corrected chi connectivity index (χ2v) is 6.05. The summed E-state index contributed by atoms with van der Waals surface area (Å²) in [4.78, 5) is 12.4. The average Bonchev–Trinajstić information content (AvgIpc) is 3.08. The molecule has 2 heterocycles. The van der Waals surface area contributed by atoms with Gasteiger partial charge >= 0.3 is 6.01 Å². The molecule has 0 bridgehead atoms. The van der Waals surface area contributed by atoms with E-state index < -0.39 is 0 Å². The number of nitrogens with zero attached hydrogens (tertiary/aromatic N) is 2. The minimum Gasteiger partial charge on any atom is -0.403 e. The summed E-state index contributed by atoms with van der Waals surface area (Å²) in [6, 6.07) is 11.0. The number of carbonyl (C=O) groups is 1. The minimum atomic E-state index is -0.327. The van der Waals surface area contributed by atoms with Gasteiger partial charge < -0.3 is 4.42 Å². The molecule has 0 unspecified atom stereocenters. The van der Waals surface area contributed by atoms with E-state index in [1.54, 1.807) is 12.1 Å². The molecule has 1 amide bonds. The molecule has 0 radical (unpaired) electrons. The topological polar surface area (TPSA) is 68.0 Å². The highest BCUT2D eigenvalue weighted by Crippen LogP contribution is 2.24. The summed E-state index contributed by atoms with van der Waals surface area (Å²) in [7, 11) is 0. The van der Waals surface area contributed by atoms with Gasteiger partial charge in [-0.05, 0) is 31.2 Å². The monoisotopic (exact) mass is 319 g/mol. The van der Waals surface area contributed by atoms with Crippen LogP contribution in [-0.2, 0) is 0 Å². The Morgan fingerprint density at radius 1 is 1.29 bits per heavy atom. The lowest BCUT2D eigenvalue weighted by atomic mass is 10.1. The third-order valence-corrected chi connectivity index (χ3v) is 3.94. The van der Waals surface area contributed by atoms with Crippen molar-refractivity contribution < 1.29 is 9.21 Å². The molecule has 3 rings (SSSR count). The fourth-order valence-corrected chi connectivity index (χ4v) is 2.70. The van der Waals surface area contributed by atoms with Gasteiger partial charge in [0.05, 0.1) is 9.21 Å². The van der Waals surface area contributed by atoms with Crippen molar-refractivity contribution in [3.8, 4) is 11.5 Å². The van der Waals surface area contributed by atoms with Gasteiger partial charge in [0.25, 0.3) is 5.91 Å². The second kappa shape index (κ2) is 5.67. The molecule has 1 aromatic carbocycles. The first-order chi connectivity index (χ1) is 10.1. The molecule has 2 aromatic heterocycles. The number of aryl methyl sites for hydroxylation is 1. The summed E-state index contributed by atoms with van der Waals surface area (Å²) >= 11 is 6.98. The molecule has 3 aromatic rings. The highest BCUT2D eigenvalue weighted by molar-refractivity contribution is 7.18. The maximum atomic E-state index is 11.9. The molecule has 21 heavy (non-hydrogen) atoms. The molecule has 0 aliphatic carbocycles. The molecule has 7 heteroatoms. The molecule has 0 atom stereocenters. The third kappa shape index (κ3) is 3.12. The first-order valence-electron chi connectivity index (χ1n) is 6.09. The Morgan fingerprint density at radius 2 is 2.14 bits per heavy atom. The number of aromatic nitrogens is 2. The van der Waals surface area contributed by atoms with Crippen molar-refractivity contribution in [3.05, 3.63) is 51.2 Å². The van der Waals surface area contributed by atoms with Crippen molar-refractivity contribution in [2.45, 2.75) is 6.92 Å². The zero-order chi connectivity index (χ0) is 14.8. The van der Waals surface area contributed by atoms with Crippen molar-refractivity contribution in [1.82, 2.24) is 10.2 Å². The van der Waals surface area contributed by atoms with Gasteiger partial charge in [-0.25, -0.2) is 0 Å². The van der Waals surface area contributed by atoms with Gasteiger partial charge in [-0.1, -0.05) is 34.4 Å². The fraction of sp³-hybridized carbons (Fsp3) is 0.0714. The largest absolute Gasteiger partial charge is 0.403 e. The molecule has 0 aliphatic rings. The standard InChI is InChI=1S/C14H10ClN3O2S/c1-8-3-2-4-9(7-8)13-17-18-14(20-13)16-12(19)10-5-6-11(15)21-10/h2-7H,1H3,(H,16,18,19). The molecule has 0 aliphatic heterocycles. The van der Waals surface area contributed by atoms with Crippen molar-refractivity contribution in [2.24, 2.45) is 0 Å². The Morgan fingerprint density at radius 3 is 2.86 bits per heavy atom. The van der Waals surface area contributed by atoms with Gasteiger partial charge in [-0.15, -0.1) is 16.4 Å². The van der Waals surface area contributed by atoms with E-state index in [9.17, 15) is 4.79 Å². The van der Waals surface area contributed by atoms with E-state index in [2.05, 4.69) is 15.5 Å². The maximum Gasteiger partial charge on any atom is 0.322 e. The summed E-state index contributed by atoms with van der Waals surface area (Å²) < 4.78 is 5.99. The lowest BCUT2D eigenvalue weighted by Crippen LogP contribution is -2.10. The van der Waals surface area contributed by atoms with Gasteiger partial charge in [0.2, 0.25) is 5.89 Å². The fourth-order valence-electron chi connectivity index (χ4n) is 1.76. The van der Waals surface area contributed by atoms with Crippen LogP contribution in [0.5, 0.6) is 0 Å². The molecule has 0 saturated heterocycles. The highest BCUT2D eigenvalue weighted by atomic mass is 35.5. The summed E-state index contributed by atoms with van der Waals surface area (Å²) in [6.07, 6.45) is 0. The van der Waals surface area contributed by atoms with Crippen molar-refractivity contribution in [2.75, 3.05) is 5.32 Å². The van der Waals surface area contributed by atoms with E-state index in [-0.39, 0.29) is 11.9 Å². The van der Waals surface area contributed by atoms with Crippen LogP contribution in [0.1, 0.15) is 15.2 Å². The summed E-state index contributed by atoms with van der Waals surface area (Å²) in [5.41, 5.74) is 1.90. The van der Waals surface area contributed by atoms with E-state index in [4.69, 9.17) is 16.0 Å². The van der Waals surface area contributed by atoms with Crippen LogP contribution in [0.25, 0.3) is 11.5 Å². The number of amides is 1. The number of anilines is 1. The van der Waals surface area contributed by atoms with Gasteiger partial charge in [0.15, 0.2) is 0 Å². The van der Waals surface area contributed by atoms with E-state index >= 15 is 0 Å². The predicted molar refractivity (Wildman–Crippen MR) is 81.8 cm³/mol. The number of nitrogens with one attached hydrogen (secondary N) is 1. The Labute approximate surface area is 129 Å². The number of hydrogen-bond acceptors (Lipinski definition) is 5. The lowest BCUT2D eigenvalue weighted by Gasteiger charge is -1.97. The average molecular weight is 320 g/mol. The Balaban J connectivity index is 1.78. The first kappa shape index (κ1) is 13.8. The Kier molecular flexibility index (Phi) is 3.72. The van der Waals surface area contributed by atoms with Gasteiger partial charge in [-0.2, -0.15) is 0 Å². The zero-order valence-corrected chi connectivity index (χ0v) is 12.5. The van der Waals surface area contributed by atoms with Crippen molar-refractivity contribution in [3.63, 3.8) is 0 Å². The van der Waals surface area contributed by atoms with Gasteiger partial charge in [-0.3, -0.25) is 10.1 Å². The Bertz CT molecular complexity index is 797. The molecule has 106 valence electrons. The summed E-state index contributed by atoms with van der Waals surface area (Å²) in [5.74, 6) is 0.0320. The van der Waals surface area contributed by atoms with E-state index in [1.165, 1.54) is 11.3 Å². The first-order valence-corrected chi connectivity index (χ1v) is 7.28.